The van der Waals surface area contributed by atoms with Crippen molar-refractivity contribution in [2.45, 2.75) is 155 Å². The predicted octanol–water partition coefficient (Wildman–Crippen LogP) is 8.15. The largest absolute Gasteiger partial charge is 0.295 e. The first-order chi connectivity index (χ1) is 16.2. The minimum atomic E-state index is 0.402. The van der Waals surface area contributed by atoms with Crippen LogP contribution in [0.15, 0.2) is 0 Å². The number of nitrogens with zero attached hydrogens (tertiary/aromatic N) is 2. The van der Waals surface area contributed by atoms with Crippen molar-refractivity contribution in [1.29, 1.82) is 0 Å². The van der Waals surface area contributed by atoms with Crippen molar-refractivity contribution < 1.29 is 0 Å². The van der Waals surface area contributed by atoms with Crippen LogP contribution in [0.5, 0.6) is 0 Å². The predicted molar refractivity (Wildman–Crippen MR) is 146 cm³/mol. The molecule has 196 valence electrons. The Hall–Kier alpha value is -0.0800. The van der Waals surface area contributed by atoms with Gasteiger partial charge in [-0.3, -0.25) is 9.80 Å². The molecular weight excluding hydrogens is 412 g/mol. The van der Waals surface area contributed by atoms with Gasteiger partial charge in [-0.05, 0) is 127 Å². The maximum absolute atomic E-state index is 3.05. The fourth-order valence-corrected chi connectivity index (χ4v) is 10.3. The molecule has 6 atom stereocenters. The molecule has 0 aromatic heterocycles. The van der Waals surface area contributed by atoms with Crippen molar-refractivity contribution in [2.75, 3.05) is 13.1 Å². The van der Waals surface area contributed by atoms with Crippen molar-refractivity contribution in [2.24, 2.45) is 35.5 Å². The lowest BCUT2D eigenvalue weighted by Gasteiger charge is -2.57. The zero-order valence-corrected chi connectivity index (χ0v) is 23.8. The Kier molecular flexibility index (Phi) is 7.52. The normalized spacial score (nSPS) is 45.4. The van der Waals surface area contributed by atoms with Crippen molar-refractivity contribution >= 4 is 0 Å². The van der Waals surface area contributed by atoms with E-state index in [0.717, 1.165) is 47.6 Å². The molecule has 0 N–H and O–H groups in total. The third-order valence-electron chi connectivity index (χ3n) is 11.9. The SMILES string of the molecule is CC1CC(C)(C)N(CC2CCC(CN3C4CCCCC4C(C)CC3(C)C)CC2)C2CCCCC12. The summed E-state index contributed by atoms with van der Waals surface area (Å²) in [6.07, 6.45) is 20.6. The second kappa shape index (κ2) is 10.00. The van der Waals surface area contributed by atoms with Gasteiger partial charge in [0.05, 0.1) is 0 Å². The van der Waals surface area contributed by atoms with Crippen LogP contribution in [0.4, 0.5) is 0 Å². The topological polar surface area (TPSA) is 6.48 Å². The molecule has 5 rings (SSSR count). The fourth-order valence-electron chi connectivity index (χ4n) is 10.3. The molecule has 6 unspecified atom stereocenters. The first-order valence-corrected chi connectivity index (χ1v) is 15.7. The summed E-state index contributed by atoms with van der Waals surface area (Å²) in [5.41, 5.74) is 0.804. The molecular formula is C32H58N2. The van der Waals surface area contributed by atoms with Crippen LogP contribution in [0.2, 0.25) is 0 Å². The standard InChI is InChI=1S/C32H58N2/c1-23-19-31(3,4)33(29-13-9-7-11-27(23)29)21-25-15-17-26(18-16-25)22-34-30-14-10-8-12-28(30)24(2)20-32(34,5)6/h23-30H,7-22H2,1-6H3. The molecule has 2 aliphatic heterocycles. The number of likely N-dealkylation sites (tertiary alicyclic amines) is 2. The zero-order chi connectivity index (χ0) is 24.1. The lowest BCUT2D eigenvalue weighted by Crippen LogP contribution is -2.61. The molecule has 2 nitrogen and oxygen atoms in total. The van der Waals surface area contributed by atoms with E-state index in [1.807, 2.05) is 0 Å². The molecule has 5 aliphatic rings. The number of fused-ring (bicyclic) bond motifs is 2. The summed E-state index contributed by atoms with van der Waals surface area (Å²) in [5.74, 6) is 5.69. The van der Waals surface area contributed by atoms with Crippen molar-refractivity contribution in [3.8, 4) is 0 Å². The maximum Gasteiger partial charge on any atom is 0.0159 e. The monoisotopic (exact) mass is 470 g/mol. The lowest BCUT2D eigenvalue weighted by molar-refractivity contribution is -0.0773. The van der Waals surface area contributed by atoms with E-state index in [0.29, 0.717) is 11.1 Å². The van der Waals surface area contributed by atoms with E-state index in [4.69, 9.17) is 0 Å². The van der Waals surface area contributed by atoms with Crippen molar-refractivity contribution in [3.63, 3.8) is 0 Å². The van der Waals surface area contributed by atoms with Crippen LogP contribution >= 0.6 is 0 Å². The number of piperidine rings is 2. The summed E-state index contributed by atoms with van der Waals surface area (Å²) in [6.45, 7) is 18.2. The average molecular weight is 471 g/mol. The molecule has 0 spiro atoms. The minimum Gasteiger partial charge on any atom is -0.295 e. The second-order valence-electron chi connectivity index (χ2n) is 15.2. The average Bonchev–Trinajstić information content (AvgIpc) is 2.80. The third kappa shape index (κ3) is 5.03. The Balaban J connectivity index is 1.19. The van der Waals surface area contributed by atoms with Gasteiger partial charge in [0.15, 0.2) is 0 Å². The molecule has 0 bridgehead atoms. The minimum absolute atomic E-state index is 0.402. The summed E-state index contributed by atoms with van der Waals surface area (Å²) in [4.78, 5) is 6.09. The van der Waals surface area contributed by atoms with Gasteiger partial charge in [0.25, 0.3) is 0 Å². The quantitative estimate of drug-likeness (QED) is 0.409. The Morgan fingerprint density at radius 1 is 0.529 bits per heavy atom. The van der Waals surface area contributed by atoms with E-state index in [1.54, 1.807) is 0 Å². The van der Waals surface area contributed by atoms with Crippen LogP contribution in [-0.2, 0) is 0 Å². The van der Waals surface area contributed by atoms with Gasteiger partial charge in [-0.15, -0.1) is 0 Å². The summed E-state index contributed by atoms with van der Waals surface area (Å²) < 4.78 is 0. The van der Waals surface area contributed by atoms with Crippen LogP contribution in [-0.4, -0.2) is 46.1 Å². The molecule has 0 amide bonds. The molecule has 5 fully saturated rings. The Morgan fingerprint density at radius 3 is 1.26 bits per heavy atom. The second-order valence-corrected chi connectivity index (χ2v) is 15.2. The highest BCUT2D eigenvalue weighted by Crippen LogP contribution is 2.48. The van der Waals surface area contributed by atoms with E-state index >= 15 is 0 Å². The summed E-state index contributed by atoms with van der Waals surface area (Å²) in [6, 6.07) is 1.76. The highest BCUT2D eigenvalue weighted by atomic mass is 15.2. The zero-order valence-electron chi connectivity index (χ0n) is 23.8. The number of rotatable bonds is 4. The van der Waals surface area contributed by atoms with E-state index < -0.39 is 0 Å². The molecule has 0 aromatic carbocycles. The molecule has 3 aliphatic carbocycles. The third-order valence-corrected chi connectivity index (χ3v) is 11.9. The molecule has 0 aromatic rings. The van der Waals surface area contributed by atoms with E-state index in [9.17, 15) is 0 Å². The van der Waals surface area contributed by atoms with Crippen LogP contribution in [0.25, 0.3) is 0 Å². The van der Waals surface area contributed by atoms with Crippen molar-refractivity contribution in [3.05, 3.63) is 0 Å². The summed E-state index contributed by atoms with van der Waals surface area (Å²) >= 11 is 0. The number of hydrogen-bond acceptors (Lipinski definition) is 2. The molecule has 2 heteroatoms. The fraction of sp³-hybridized carbons (Fsp3) is 1.00. The van der Waals surface area contributed by atoms with Crippen LogP contribution in [0.1, 0.15) is 131 Å². The van der Waals surface area contributed by atoms with E-state index in [-0.39, 0.29) is 0 Å². The molecule has 3 saturated carbocycles. The number of hydrogen-bond donors (Lipinski definition) is 0. The van der Waals surface area contributed by atoms with Crippen LogP contribution < -0.4 is 0 Å². The first-order valence-electron chi connectivity index (χ1n) is 15.7. The van der Waals surface area contributed by atoms with Crippen LogP contribution in [0, 0.1) is 35.5 Å². The van der Waals surface area contributed by atoms with E-state index in [2.05, 4.69) is 51.3 Å². The maximum atomic E-state index is 3.05. The molecule has 0 radical (unpaired) electrons. The molecule has 34 heavy (non-hydrogen) atoms. The summed E-state index contributed by atoms with van der Waals surface area (Å²) in [7, 11) is 0. The Labute approximate surface area is 213 Å². The molecule has 2 heterocycles. The Bertz CT molecular complexity index is 616. The summed E-state index contributed by atoms with van der Waals surface area (Å²) in [5, 5.41) is 0. The lowest BCUT2D eigenvalue weighted by atomic mass is 9.66. The van der Waals surface area contributed by atoms with Gasteiger partial charge >= 0.3 is 0 Å². The van der Waals surface area contributed by atoms with E-state index in [1.165, 1.54) is 103 Å². The van der Waals surface area contributed by atoms with Gasteiger partial charge in [0.2, 0.25) is 0 Å². The molecule has 2 saturated heterocycles. The van der Waals surface area contributed by atoms with Gasteiger partial charge in [-0.2, -0.15) is 0 Å². The Morgan fingerprint density at radius 2 is 0.882 bits per heavy atom. The highest BCUT2D eigenvalue weighted by molar-refractivity contribution is 5.02. The highest BCUT2D eigenvalue weighted by Gasteiger charge is 2.48. The van der Waals surface area contributed by atoms with Crippen molar-refractivity contribution in [1.82, 2.24) is 9.80 Å². The van der Waals surface area contributed by atoms with Gasteiger partial charge in [-0.25, -0.2) is 0 Å². The van der Waals surface area contributed by atoms with Gasteiger partial charge in [0, 0.05) is 36.3 Å². The van der Waals surface area contributed by atoms with Gasteiger partial charge in [-0.1, -0.05) is 39.5 Å². The van der Waals surface area contributed by atoms with Gasteiger partial charge < -0.3 is 0 Å². The van der Waals surface area contributed by atoms with Gasteiger partial charge in [0.1, 0.15) is 0 Å². The van der Waals surface area contributed by atoms with Crippen LogP contribution in [0.3, 0.4) is 0 Å². The first kappa shape index (κ1) is 25.6. The smallest absolute Gasteiger partial charge is 0.0159 e.